The second-order valence-electron chi connectivity index (χ2n) is 5.75. The van der Waals surface area contributed by atoms with E-state index in [1.54, 1.807) is 31.2 Å². The number of nitrogens with one attached hydrogen (secondary N) is 1. The Labute approximate surface area is 156 Å². The van der Waals surface area contributed by atoms with Crippen LogP contribution < -0.4 is 10.1 Å². The van der Waals surface area contributed by atoms with E-state index in [1.807, 2.05) is 37.3 Å². The van der Waals surface area contributed by atoms with Gasteiger partial charge in [-0.25, -0.2) is 0 Å². The maximum absolute atomic E-state index is 12.3. The number of likely N-dealkylation sites (N-methyl/N-ethyl adjacent to an activating group) is 1. The molecule has 0 radical (unpaired) electrons. The summed E-state index contributed by atoms with van der Waals surface area (Å²) in [5.41, 5.74) is 2.50. The Morgan fingerprint density at radius 1 is 1.16 bits per heavy atom. The van der Waals surface area contributed by atoms with Gasteiger partial charge in [-0.05, 0) is 37.3 Å². The highest BCUT2D eigenvalue weighted by Crippen LogP contribution is 2.24. The van der Waals surface area contributed by atoms with Gasteiger partial charge in [0.2, 0.25) is 5.91 Å². The Hall–Kier alpha value is -2.34. The fourth-order valence-electron chi connectivity index (χ4n) is 2.31. The van der Waals surface area contributed by atoms with E-state index in [1.165, 1.54) is 0 Å². The van der Waals surface area contributed by atoms with Crippen molar-refractivity contribution in [2.45, 2.75) is 13.5 Å². The lowest BCUT2D eigenvalue weighted by atomic mass is 10.1. The second-order valence-corrected chi connectivity index (χ2v) is 6.67. The number of ether oxygens (including phenoxy) is 1. The Kier molecular flexibility index (Phi) is 6.58. The highest BCUT2D eigenvalue weighted by Gasteiger charge is 2.14. The van der Waals surface area contributed by atoms with Crippen LogP contribution in [0.15, 0.2) is 46.9 Å². The van der Waals surface area contributed by atoms with Gasteiger partial charge in [0.25, 0.3) is 5.91 Å². The summed E-state index contributed by atoms with van der Waals surface area (Å²) in [4.78, 5) is 25.9. The van der Waals surface area contributed by atoms with E-state index in [4.69, 9.17) is 4.74 Å². The van der Waals surface area contributed by atoms with Gasteiger partial charge < -0.3 is 15.0 Å². The molecule has 0 aliphatic carbocycles. The third kappa shape index (κ3) is 5.32. The molecule has 2 aromatic carbocycles. The molecule has 0 saturated carbocycles. The van der Waals surface area contributed by atoms with Crippen LogP contribution in [0.4, 0.5) is 0 Å². The molecule has 0 unspecified atom stereocenters. The molecule has 0 aliphatic heterocycles. The topological polar surface area (TPSA) is 58.6 Å². The number of hydrogen-bond donors (Lipinski definition) is 1. The van der Waals surface area contributed by atoms with Gasteiger partial charge in [0, 0.05) is 29.2 Å². The van der Waals surface area contributed by atoms with Gasteiger partial charge >= 0.3 is 0 Å². The largest absolute Gasteiger partial charge is 0.496 e. The first-order valence-corrected chi connectivity index (χ1v) is 8.61. The predicted molar refractivity (Wildman–Crippen MR) is 101 cm³/mol. The third-order valence-electron chi connectivity index (χ3n) is 3.79. The summed E-state index contributed by atoms with van der Waals surface area (Å²) in [6.45, 7) is 2.29. The minimum Gasteiger partial charge on any atom is -0.496 e. The van der Waals surface area contributed by atoms with Crippen LogP contribution in [-0.4, -0.2) is 37.4 Å². The molecule has 0 fully saturated rings. The molecule has 25 heavy (non-hydrogen) atoms. The summed E-state index contributed by atoms with van der Waals surface area (Å²) < 4.78 is 6.23. The van der Waals surface area contributed by atoms with Gasteiger partial charge in [-0.2, -0.15) is 0 Å². The maximum atomic E-state index is 12.3. The molecular formula is C19H21BrN2O3. The first-order valence-electron chi connectivity index (χ1n) is 7.82. The fourth-order valence-corrected chi connectivity index (χ4v) is 2.72. The molecule has 0 aliphatic rings. The Balaban J connectivity index is 1.93. The lowest BCUT2D eigenvalue weighted by Crippen LogP contribution is -2.37. The van der Waals surface area contributed by atoms with Crippen LogP contribution in [0.1, 0.15) is 21.5 Å². The van der Waals surface area contributed by atoms with E-state index in [0.29, 0.717) is 17.9 Å². The summed E-state index contributed by atoms with van der Waals surface area (Å²) in [6.07, 6.45) is 0. The van der Waals surface area contributed by atoms with Crippen molar-refractivity contribution in [2.75, 3.05) is 20.7 Å². The van der Waals surface area contributed by atoms with Crippen LogP contribution in [0.25, 0.3) is 0 Å². The van der Waals surface area contributed by atoms with Crippen molar-refractivity contribution in [3.8, 4) is 5.75 Å². The molecule has 0 heterocycles. The van der Waals surface area contributed by atoms with Gasteiger partial charge in [0.05, 0.1) is 13.7 Å². The highest BCUT2D eigenvalue weighted by atomic mass is 79.9. The van der Waals surface area contributed by atoms with Crippen molar-refractivity contribution in [3.63, 3.8) is 0 Å². The fraction of sp³-hybridized carbons (Fsp3) is 0.263. The normalized spacial score (nSPS) is 10.2. The van der Waals surface area contributed by atoms with Crippen molar-refractivity contribution < 1.29 is 14.3 Å². The monoisotopic (exact) mass is 404 g/mol. The molecule has 2 rings (SSSR count). The smallest absolute Gasteiger partial charge is 0.251 e. The van der Waals surface area contributed by atoms with Crippen LogP contribution >= 0.6 is 15.9 Å². The molecule has 0 spiro atoms. The Morgan fingerprint density at radius 3 is 2.48 bits per heavy atom. The minimum atomic E-state index is -0.262. The van der Waals surface area contributed by atoms with Gasteiger partial charge in [0.15, 0.2) is 0 Å². The van der Waals surface area contributed by atoms with E-state index in [9.17, 15) is 9.59 Å². The number of amides is 2. The average molecular weight is 405 g/mol. The third-order valence-corrected chi connectivity index (χ3v) is 4.28. The summed E-state index contributed by atoms with van der Waals surface area (Å²) in [6, 6.07) is 12.8. The Bertz CT molecular complexity index is 760. The number of halogens is 1. The zero-order chi connectivity index (χ0) is 18.4. The van der Waals surface area contributed by atoms with E-state index in [0.717, 1.165) is 15.6 Å². The quantitative estimate of drug-likeness (QED) is 0.804. The molecule has 6 heteroatoms. The molecule has 0 saturated heterocycles. The van der Waals surface area contributed by atoms with Gasteiger partial charge in [-0.1, -0.05) is 33.6 Å². The molecule has 0 bridgehead atoms. The molecule has 0 aromatic heterocycles. The van der Waals surface area contributed by atoms with E-state index in [-0.39, 0.29) is 18.4 Å². The number of rotatable bonds is 6. The predicted octanol–water partition coefficient (Wildman–Crippen LogP) is 3.15. The van der Waals surface area contributed by atoms with Crippen molar-refractivity contribution in [2.24, 2.45) is 0 Å². The molecule has 5 nitrogen and oxygen atoms in total. The van der Waals surface area contributed by atoms with Crippen LogP contribution in [0, 0.1) is 6.92 Å². The standard InChI is InChI=1S/C19H21BrN2O3/c1-13-4-6-14(7-5-13)19(24)21-11-18(23)22(2)12-15-10-16(20)8-9-17(15)25-3/h4-10H,11-12H2,1-3H3,(H,21,24). The van der Waals surface area contributed by atoms with Gasteiger partial charge in [0.1, 0.15) is 5.75 Å². The van der Waals surface area contributed by atoms with Gasteiger partial charge in [-0.3, -0.25) is 9.59 Å². The lowest BCUT2D eigenvalue weighted by molar-refractivity contribution is -0.129. The summed E-state index contributed by atoms with van der Waals surface area (Å²) in [5, 5.41) is 2.65. The van der Waals surface area contributed by atoms with Crippen molar-refractivity contribution >= 4 is 27.7 Å². The number of benzene rings is 2. The van der Waals surface area contributed by atoms with Crippen molar-refractivity contribution in [1.29, 1.82) is 0 Å². The lowest BCUT2D eigenvalue weighted by Gasteiger charge is -2.19. The van der Waals surface area contributed by atoms with Crippen LogP contribution in [0.2, 0.25) is 0 Å². The van der Waals surface area contributed by atoms with E-state index in [2.05, 4.69) is 21.2 Å². The molecule has 1 N–H and O–H groups in total. The Morgan fingerprint density at radius 2 is 1.84 bits per heavy atom. The van der Waals surface area contributed by atoms with E-state index >= 15 is 0 Å². The minimum absolute atomic E-state index is 0.0560. The molecular weight excluding hydrogens is 384 g/mol. The highest BCUT2D eigenvalue weighted by molar-refractivity contribution is 9.10. The summed E-state index contributed by atoms with van der Waals surface area (Å²) >= 11 is 3.42. The van der Waals surface area contributed by atoms with Crippen LogP contribution in [0.3, 0.4) is 0 Å². The summed E-state index contributed by atoms with van der Waals surface area (Å²) in [5.74, 6) is 0.274. The number of hydrogen-bond acceptors (Lipinski definition) is 3. The SMILES string of the molecule is COc1ccc(Br)cc1CN(C)C(=O)CNC(=O)c1ccc(C)cc1. The van der Waals surface area contributed by atoms with Crippen molar-refractivity contribution in [1.82, 2.24) is 10.2 Å². The zero-order valence-corrected chi connectivity index (χ0v) is 16.1. The molecule has 0 atom stereocenters. The average Bonchev–Trinajstić information content (AvgIpc) is 2.60. The molecule has 2 aromatic rings. The molecule has 2 amide bonds. The zero-order valence-electron chi connectivity index (χ0n) is 14.5. The van der Waals surface area contributed by atoms with Gasteiger partial charge in [-0.15, -0.1) is 0 Å². The van der Waals surface area contributed by atoms with Crippen molar-refractivity contribution in [3.05, 3.63) is 63.6 Å². The number of carbonyl (C=O) groups excluding carboxylic acids is 2. The number of methoxy groups -OCH3 is 1. The first kappa shape index (κ1) is 19.0. The van der Waals surface area contributed by atoms with Crippen LogP contribution in [-0.2, 0) is 11.3 Å². The number of carbonyl (C=O) groups is 2. The summed E-state index contributed by atoms with van der Waals surface area (Å²) in [7, 11) is 3.29. The molecule has 132 valence electrons. The van der Waals surface area contributed by atoms with E-state index < -0.39 is 0 Å². The first-order chi connectivity index (χ1) is 11.9. The second kappa shape index (κ2) is 8.67. The maximum Gasteiger partial charge on any atom is 0.251 e. The van der Waals surface area contributed by atoms with Crippen LogP contribution in [0.5, 0.6) is 5.75 Å². The number of aryl methyl sites for hydroxylation is 1. The number of nitrogens with zero attached hydrogens (tertiary/aromatic N) is 1.